The van der Waals surface area contributed by atoms with Gasteiger partial charge in [0, 0.05) is 31.4 Å². The zero-order chi connectivity index (χ0) is 23.5. The zero-order valence-electron chi connectivity index (χ0n) is 19.8. The maximum absolute atomic E-state index is 12.8. The Labute approximate surface area is 199 Å². The van der Waals surface area contributed by atoms with Gasteiger partial charge in [0.2, 0.25) is 0 Å². The highest BCUT2D eigenvalue weighted by Gasteiger charge is 2.12. The predicted octanol–water partition coefficient (Wildman–Crippen LogP) is 5.83. The number of rotatable bonds is 7. The van der Waals surface area contributed by atoms with Gasteiger partial charge in [-0.15, -0.1) is 0 Å². The van der Waals surface area contributed by atoms with Gasteiger partial charge in [0.15, 0.2) is 5.13 Å². The monoisotopic (exact) mass is 458 g/mol. The molecule has 0 aliphatic rings. The number of benzene rings is 3. The number of amides is 1. The molecule has 0 radical (unpaired) electrons. The Morgan fingerprint density at radius 1 is 0.939 bits per heavy atom. The molecule has 33 heavy (non-hydrogen) atoms. The Balaban J connectivity index is 1.47. The Kier molecular flexibility index (Phi) is 6.77. The van der Waals surface area contributed by atoms with Crippen LogP contribution in [0.2, 0.25) is 0 Å². The molecule has 6 heteroatoms. The van der Waals surface area contributed by atoms with E-state index in [0.717, 1.165) is 39.7 Å². The second-order valence-electron chi connectivity index (χ2n) is 8.75. The Bertz CT molecular complexity index is 1280. The molecule has 0 aliphatic carbocycles. The van der Waals surface area contributed by atoms with E-state index in [1.165, 1.54) is 16.7 Å². The fourth-order valence-electron chi connectivity index (χ4n) is 3.74. The fraction of sp³-hybridized carbons (Fsp3) is 0.259. The smallest absolute Gasteiger partial charge is 0.255 e. The minimum Gasteiger partial charge on any atom is -0.350 e. The second kappa shape index (κ2) is 9.73. The molecule has 1 aromatic heterocycles. The van der Waals surface area contributed by atoms with Crippen LogP contribution in [0, 0.1) is 13.8 Å². The van der Waals surface area contributed by atoms with E-state index >= 15 is 0 Å². The summed E-state index contributed by atoms with van der Waals surface area (Å²) in [5.74, 6) is -0.116. The van der Waals surface area contributed by atoms with E-state index in [9.17, 15) is 4.79 Å². The summed E-state index contributed by atoms with van der Waals surface area (Å²) >= 11 is 1.64. The van der Waals surface area contributed by atoms with Crippen LogP contribution in [-0.4, -0.2) is 50.0 Å². The average Bonchev–Trinajstić information content (AvgIpc) is 3.21. The molecule has 0 spiro atoms. The number of carbonyl (C=O) groups excluding carboxylic acids is 1. The van der Waals surface area contributed by atoms with Gasteiger partial charge in [-0.2, -0.15) is 0 Å². The van der Waals surface area contributed by atoms with E-state index in [-0.39, 0.29) is 5.91 Å². The van der Waals surface area contributed by atoms with E-state index in [1.54, 1.807) is 11.3 Å². The van der Waals surface area contributed by atoms with Gasteiger partial charge in [-0.25, -0.2) is 4.98 Å². The molecule has 0 saturated carbocycles. The molecule has 0 saturated heterocycles. The van der Waals surface area contributed by atoms with Crippen molar-refractivity contribution in [1.82, 2.24) is 9.88 Å². The lowest BCUT2D eigenvalue weighted by Crippen LogP contribution is -2.28. The van der Waals surface area contributed by atoms with Crippen LogP contribution in [0.15, 0.2) is 60.7 Å². The van der Waals surface area contributed by atoms with Crippen LogP contribution in [0.1, 0.15) is 21.5 Å². The van der Waals surface area contributed by atoms with Crippen molar-refractivity contribution in [3.8, 4) is 11.1 Å². The van der Waals surface area contributed by atoms with Gasteiger partial charge in [-0.3, -0.25) is 4.79 Å². The molecular formula is C27H30N4OS. The lowest BCUT2D eigenvalue weighted by atomic mass is 9.98. The minimum atomic E-state index is -0.116. The van der Waals surface area contributed by atoms with Crippen LogP contribution < -0.4 is 10.2 Å². The summed E-state index contributed by atoms with van der Waals surface area (Å²) in [5, 5.41) is 4.01. The Morgan fingerprint density at radius 3 is 2.39 bits per heavy atom. The SMILES string of the molecule is Cc1ccc(-c2ccc(C(=O)Nc3ccc4nc(N(C)CCN(C)C)sc4c3)cc2)c(C)c1. The molecular weight excluding hydrogens is 428 g/mol. The van der Waals surface area contributed by atoms with Gasteiger partial charge in [-0.1, -0.05) is 47.2 Å². The zero-order valence-corrected chi connectivity index (χ0v) is 20.7. The molecule has 5 nitrogen and oxygen atoms in total. The maximum atomic E-state index is 12.8. The molecule has 0 unspecified atom stereocenters. The van der Waals surface area contributed by atoms with Gasteiger partial charge in [0.25, 0.3) is 5.91 Å². The number of hydrogen-bond acceptors (Lipinski definition) is 5. The number of aromatic nitrogens is 1. The molecule has 0 bridgehead atoms. The highest BCUT2D eigenvalue weighted by Crippen LogP contribution is 2.30. The Morgan fingerprint density at radius 2 is 1.70 bits per heavy atom. The van der Waals surface area contributed by atoms with Crippen LogP contribution >= 0.6 is 11.3 Å². The third-order valence-electron chi connectivity index (χ3n) is 5.68. The highest BCUT2D eigenvalue weighted by molar-refractivity contribution is 7.22. The first-order valence-electron chi connectivity index (χ1n) is 11.1. The first-order chi connectivity index (χ1) is 15.8. The lowest BCUT2D eigenvalue weighted by molar-refractivity contribution is 0.102. The summed E-state index contributed by atoms with van der Waals surface area (Å²) in [7, 11) is 6.20. The Hall–Kier alpha value is -3.22. The van der Waals surface area contributed by atoms with E-state index < -0.39 is 0 Å². The summed E-state index contributed by atoms with van der Waals surface area (Å²) in [6.07, 6.45) is 0. The quantitative estimate of drug-likeness (QED) is 0.378. The normalized spacial score (nSPS) is 11.2. The number of likely N-dealkylation sites (N-methyl/N-ethyl adjacent to an activating group) is 2. The highest BCUT2D eigenvalue weighted by atomic mass is 32.1. The van der Waals surface area contributed by atoms with Crippen molar-refractivity contribution in [2.75, 3.05) is 44.4 Å². The number of anilines is 2. The van der Waals surface area contributed by atoms with E-state index in [2.05, 4.69) is 68.3 Å². The molecule has 170 valence electrons. The molecule has 4 rings (SSSR count). The molecule has 3 aromatic carbocycles. The molecule has 1 heterocycles. The van der Waals surface area contributed by atoms with Gasteiger partial charge in [-0.05, 0) is 75.0 Å². The van der Waals surface area contributed by atoms with Crippen molar-refractivity contribution in [3.63, 3.8) is 0 Å². The standard InChI is InChI=1S/C27H30N4OS/c1-18-6-12-23(19(2)16-18)20-7-9-21(10-8-20)26(32)28-22-11-13-24-25(17-22)33-27(29-24)31(5)15-14-30(3)4/h6-13,16-17H,14-15H2,1-5H3,(H,28,32). The number of carbonyl (C=O) groups is 1. The van der Waals surface area contributed by atoms with Crippen LogP contribution in [0.25, 0.3) is 21.3 Å². The molecule has 4 aromatic rings. The first-order valence-corrected chi connectivity index (χ1v) is 11.9. The van der Waals surface area contributed by atoms with Crippen LogP contribution in [0.3, 0.4) is 0 Å². The van der Waals surface area contributed by atoms with E-state index in [4.69, 9.17) is 4.98 Å². The number of thiazole rings is 1. The minimum absolute atomic E-state index is 0.116. The largest absolute Gasteiger partial charge is 0.350 e. The van der Waals surface area contributed by atoms with Crippen molar-refractivity contribution in [3.05, 3.63) is 77.4 Å². The summed E-state index contributed by atoms with van der Waals surface area (Å²) in [6.45, 7) is 6.09. The van der Waals surface area contributed by atoms with Crippen molar-refractivity contribution in [1.29, 1.82) is 0 Å². The number of hydrogen-bond donors (Lipinski definition) is 1. The topological polar surface area (TPSA) is 48.5 Å². The summed E-state index contributed by atoms with van der Waals surface area (Å²) < 4.78 is 1.06. The van der Waals surface area contributed by atoms with Crippen molar-refractivity contribution < 1.29 is 4.79 Å². The number of nitrogens with zero attached hydrogens (tertiary/aromatic N) is 3. The lowest BCUT2D eigenvalue weighted by Gasteiger charge is -2.18. The van der Waals surface area contributed by atoms with Gasteiger partial charge < -0.3 is 15.1 Å². The number of nitrogens with one attached hydrogen (secondary N) is 1. The summed E-state index contributed by atoms with van der Waals surface area (Å²) in [5.41, 5.74) is 7.14. The van der Waals surface area contributed by atoms with E-state index in [1.807, 2.05) is 42.5 Å². The summed E-state index contributed by atoms with van der Waals surface area (Å²) in [6, 6.07) is 20.1. The third-order valence-corrected chi connectivity index (χ3v) is 6.82. The van der Waals surface area contributed by atoms with Crippen LogP contribution in [0.5, 0.6) is 0 Å². The molecule has 0 atom stereocenters. The van der Waals surface area contributed by atoms with Gasteiger partial charge >= 0.3 is 0 Å². The average molecular weight is 459 g/mol. The van der Waals surface area contributed by atoms with E-state index in [0.29, 0.717) is 5.56 Å². The van der Waals surface area contributed by atoms with Crippen LogP contribution in [0.4, 0.5) is 10.8 Å². The van der Waals surface area contributed by atoms with Crippen molar-refractivity contribution >= 4 is 38.3 Å². The maximum Gasteiger partial charge on any atom is 0.255 e. The first kappa shape index (κ1) is 23.0. The third kappa shape index (κ3) is 5.41. The molecule has 0 fully saturated rings. The predicted molar refractivity (Wildman–Crippen MR) is 141 cm³/mol. The molecule has 1 N–H and O–H groups in total. The van der Waals surface area contributed by atoms with Crippen molar-refractivity contribution in [2.45, 2.75) is 13.8 Å². The van der Waals surface area contributed by atoms with Crippen LogP contribution in [-0.2, 0) is 0 Å². The van der Waals surface area contributed by atoms with Gasteiger partial charge in [0.05, 0.1) is 10.2 Å². The number of fused-ring (bicyclic) bond motifs is 1. The fourth-order valence-corrected chi connectivity index (χ4v) is 4.73. The molecule has 1 amide bonds. The molecule has 0 aliphatic heterocycles. The summed E-state index contributed by atoms with van der Waals surface area (Å²) in [4.78, 5) is 21.9. The second-order valence-corrected chi connectivity index (χ2v) is 9.76. The van der Waals surface area contributed by atoms with Gasteiger partial charge in [0.1, 0.15) is 0 Å². The number of aryl methyl sites for hydroxylation is 2. The van der Waals surface area contributed by atoms with Crippen molar-refractivity contribution in [2.24, 2.45) is 0 Å².